The van der Waals surface area contributed by atoms with Crippen LogP contribution in [-0.2, 0) is 14.3 Å². The second-order valence-electron chi connectivity index (χ2n) is 7.44. The largest absolute Gasteiger partial charge is 0.491 e. The number of nitrogens with one attached hydrogen (secondary N) is 1. The van der Waals surface area contributed by atoms with Gasteiger partial charge in [-0.25, -0.2) is 4.79 Å². The molecule has 0 spiro atoms. The van der Waals surface area contributed by atoms with Gasteiger partial charge in [-0.1, -0.05) is 45.9 Å². The van der Waals surface area contributed by atoms with E-state index in [0.29, 0.717) is 12.2 Å². The van der Waals surface area contributed by atoms with Crippen LogP contribution >= 0.6 is 0 Å². The van der Waals surface area contributed by atoms with Crippen LogP contribution in [0.15, 0.2) is 30.3 Å². The second-order valence-corrected chi connectivity index (χ2v) is 7.44. The number of ether oxygens (including phenoxy) is 2. The molecular weight excluding hydrogens is 306 g/mol. The zero-order valence-corrected chi connectivity index (χ0v) is 15.5. The van der Waals surface area contributed by atoms with E-state index in [4.69, 9.17) is 9.47 Å². The van der Waals surface area contributed by atoms with Crippen LogP contribution in [0.25, 0.3) is 0 Å². The number of para-hydroxylation sites is 1. The summed E-state index contributed by atoms with van der Waals surface area (Å²) in [5.74, 6) is 0.0801. The van der Waals surface area contributed by atoms with Crippen LogP contribution in [0.3, 0.4) is 0 Å². The number of rotatable bonds is 7. The molecule has 0 heterocycles. The number of carbonyl (C=O) groups is 2. The molecule has 0 fully saturated rings. The van der Waals surface area contributed by atoms with Gasteiger partial charge in [0.2, 0.25) is 5.91 Å². The molecule has 0 aromatic heterocycles. The maximum absolute atomic E-state index is 12.4. The van der Waals surface area contributed by atoms with Crippen molar-refractivity contribution in [2.24, 2.45) is 11.3 Å². The summed E-state index contributed by atoms with van der Waals surface area (Å²) >= 11 is 0. The highest BCUT2D eigenvalue weighted by atomic mass is 16.5. The molecule has 134 valence electrons. The maximum Gasteiger partial charge on any atom is 0.334 e. The number of carbonyl (C=O) groups excluding carboxylic acids is 2. The number of benzene rings is 1. The van der Waals surface area contributed by atoms with E-state index in [0.717, 1.165) is 0 Å². The predicted molar refractivity (Wildman–Crippen MR) is 93.7 cm³/mol. The summed E-state index contributed by atoms with van der Waals surface area (Å²) in [6, 6.07) is 9.15. The smallest absolute Gasteiger partial charge is 0.334 e. The SMILES string of the molecule is COC(=O)C(C)(COc1ccccc1)NC(=O)CC(C)C(C)(C)C. The molecule has 5 nitrogen and oxygen atoms in total. The van der Waals surface area contributed by atoms with Gasteiger partial charge >= 0.3 is 5.97 Å². The first kappa shape index (κ1) is 20.0. The Morgan fingerprint density at radius 2 is 1.71 bits per heavy atom. The van der Waals surface area contributed by atoms with Crippen molar-refractivity contribution < 1.29 is 19.1 Å². The molecule has 0 bridgehead atoms. The van der Waals surface area contributed by atoms with Crippen LogP contribution in [0.1, 0.15) is 41.0 Å². The molecule has 1 amide bonds. The monoisotopic (exact) mass is 335 g/mol. The minimum atomic E-state index is -1.24. The number of esters is 1. The Kier molecular flexibility index (Phi) is 6.81. The van der Waals surface area contributed by atoms with Crippen molar-refractivity contribution in [3.63, 3.8) is 0 Å². The van der Waals surface area contributed by atoms with Gasteiger partial charge in [-0.3, -0.25) is 4.79 Å². The van der Waals surface area contributed by atoms with Crippen molar-refractivity contribution in [2.45, 2.75) is 46.6 Å². The third-order valence-electron chi connectivity index (χ3n) is 4.29. The lowest BCUT2D eigenvalue weighted by Gasteiger charge is -2.31. The highest BCUT2D eigenvalue weighted by Crippen LogP contribution is 2.28. The van der Waals surface area contributed by atoms with Crippen molar-refractivity contribution >= 4 is 11.9 Å². The second kappa shape index (κ2) is 8.18. The van der Waals surface area contributed by atoms with Crippen LogP contribution < -0.4 is 10.1 Å². The topological polar surface area (TPSA) is 64.6 Å². The van der Waals surface area contributed by atoms with E-state index < -0.39 is 11.5 Å². The standard InChI is InChI=1S/C19H29NO4/c1-14(18(2,3)4)12-16(21)20-19(5,17(22)23-6)13-24-15-10-8-7-9-11-15/h7-11,14H,12-13H2,1-6H3,(H,20,21). The van der Waals surface area contributed by atoms with Gasteiger partial charge in [0.05, 0.1) is 7.11 Å². The fraction of sp³-hybridized carbons (Fsp3) is 0.579. The van der Waals surface area contributed by atoms with Gasteiger partial charge in [-0.15, -0.1) is 0 Å². The first-order valence-electron chi connectivity index (χ1n) is 8.16. The molecule has 0 saturated carbocycles. The van der Waals surface area contributed by atoms with Gasteiger partial charge in [0, 0.05) is 6.42 Å². The molecular formula is C19H29NO4. The molecule has 2 atom stereocenters. The number of methoxy groups -OCH3 is 1. The Morgan fingerprint density at radius 1 is 1.12 bits per heavy atom. The predicted octanol–water partition coefficient (Wildman–Crippen LogP) is 3.19. The number of hydrogen-bond donors (Lipinski definition) is 1. The van der Waals surface area contributed by atoms with E-state index >= 15 is 0 Å². The Hall–Kier alpha value is -2.04. The van der Waals surface area contributed by atoms with Gasteiger partial charge in [-0.05, 0) is 30.4 Å². The summed E-state index contributed by atoms with van der Waals surface area (Å²) < 4.78 is 10.5. The summed E-state index contributed by atoms with van der Waals surface area (Å²) in [6.07, 6.45) is 0.335. The third kappa shape index (κ3) is 5.87. The normalized spacial score (nSPS) is 15.1. The van der Waals surface area contributed by atoms with Crippen molar-refractivity contribution in [2.75, 3.05) is 13.7 Å². The average Bonchev–Trinajstić information content (AvgIpc) is 2.52. The first-order valence-corrected chi connectivity index (χ1v) is 8.16. The molecule has 0 aliphatic rings. The Morgan fingerprint density at radius 3 is 2.21 bits per heavy atom. The van der Waals surface area contributed by atoms with E-state index in [1.165, 1.54) is 7.11 Å². The van der Waals surface area contributed by atoms with Gasteiger partial charge in [0.15, 0.2) is 5.54 Å². The fourth-order valence-electron chi connectivity index (χ4n) is 2.06. The molecule has 2 unspecified atom stereocenters. The molecule has 0 saturated heterocycles. The van der Waals surface area contributed by atoms with E-state index in [-0.39, 0.29) is 23.8 Å². The fourth-order valence-corrected chi connectivity index (χ4v) is 2.06. The summed E-state index contributed by atoms with van der Waals surface area (Å²) in [5.41, 5.74) is -1.22. The number of hydrogen-bond acceptors (Lipinski definition) is 4. The molecule has 1 rings (SSSR count). The third-order valence-corrected chi connectivity index (χ3v) is 4.29. The Labute approximate surface area is 144 Å². The molecule has 0 radical (unpaired) electrons. The van der Waals surface area contributed by atoms with Crippen LogP contribution in [-0.4, -0.2) is 31.1 Å². The molecule has 24 heavy (non-hydrogen) atoms. The molecule has 5 heteroatoms. The van der Waals surface area contributed by atoms with Gasteiger partial charge in [0.25, 0.3) is 0 Å². The maximum atomic E-state index is 12.4. The summed E-state index contributed by atoms with van der Waals surface area (Å²) in [7, 11) is 1.30. The van der Waals surface area contributed by atoms with E-state index in [9.17, 15) is 9.59 Å². The van der Waals surface area contributed by atoms with E-state index in [2.05, 4.69) is 26.1 Å². The van der Waals surface area contributed by atoms with Crippen LogP contribution in [0, 0.1) is 11.3 Å². The highest BCUT2D eigenvalue weighted by molar-refractivity contribution is 5.88. The highest BCUT2D eigenvalue weighted by Gasteiger charge is 2.38. The van der Waals surface area contributed by atoms with Crippen LogP contribution in [0.5, 0.6) is 5.75 Å². The molecule has 1 aromatic carbocycles. The zero-order chi connectivity index (χ0) is 18.4. The molecule has 1 N–H and O–H groups in total. The Bertz CT molecular complexity index is 550. The van der Waals surface area contributed by atoms with Crippen molar-refractivity contribution in [3.8, 4) is 5.75 Å². The molecule has 0 aliphatic carbocycles. The van der Waals surface area contributed by atoms with Crippen LogP contribution in [0.2, 0.25) is 0 Å². The van der Waals surface area contributed by atoms with Gasteiger partial charge in [-0.2, -0.15) is 0 Å². The molecule has 1 aromatic rings. The van der Waals surface area contributed by atoms with E-state index in [1.807, 2.05) is 25.1 Å². The summed E-state index contributed by atoms with van der Waals surface area (Å²) in [4.78, 5) is 24.5. The number of amides is 1. The minimum absolute atomic E-state index is 0.000669. The average molecular weight is 335 g/mol. The van der Waals surface area contributed by atoms with Crippen LogP contribution in [0.4, 0.5) is 0 Å². The summed E-state index contributed by atoms with van der Waals surface area (Å²) in [6.45, 7) is 9.89. The quantitative estimate of drug-likeness (QED) is 0.777. The van der Waals surface area contributed by atoms with Gasteiger partial charge in [0.1, 0.15) is 12.4 Å². The van der Waals surface area contributed by atoms with Crippen molar-refractivity contribution in [1.29, 1.82) is 0 Å². The first-order chi connectivity index (χ1) is 11.1. The van der Waals surface area contributed by atoms with Crippen molar-refractivity contribution in [1.82, 2.24) is 5.32 Å². The minimum Gasteiger partial charge on any atom is -0.491 e. The molecule has 0 aliphatic heterocycles. The van der Waals surface area contributed by atoms with E-state index in [1.54, 1.807) is 19.1 Å². The lowest BCUT2D eigenvalue weighted by Crippen LogP contribution is -2.57. The Balaban J connectivity index is 2.76. The summed E-state index contributed by atoms with van der Waals surface area (Å²) in [5, 5.41) is 2.78. The lowest BCUT2D eigenvalue weighted by molar-refractivity contribution is -0.151. The lowest BCUT2D eigenvalue weighted by atomic mass is 9.80. The zero-order valence-electron chi connectivity index (χ0n) is 15.5. The van der Waals surface area contributed by atoms with Crippen molar-refractivity contribution in [3.05, 3.63) is 30.3 Å². The van der Waals surface area contributed by atoms with Gasteiger partial charge < -0.3 is 14.8 Å².